The molecule has 0 aliphatic carbocycles. The maximum Gasteiger partial charge on any atom is 0.257 e. The summed E-state index contributed by atoms with van der Waals surface area (Å²) in [4.78, 5) is 26.5. The Hall–Kier alpha value is -2.96. The first-order chi connectivity index (χ1) is 10.2. The van der Waals surface area contributed by atoms with Crippen LogP contribution in [0.5, 0.6) is 0 Å². The van der Waals surface area contributed by atoms with E-state index in [0.717, 1.165) is 0 Å². The molecule has 1 unspecified atom stereocenters. The highest BCUT2D eigenvalue weighted by Gasteiger charge is 2.17. The van der Waals surface area contributed by atoms with E-state index < -0.39 is 5.91 Å². The quantitative estimate of drug-likeness (QED) is 0.747. The average Bonchev–Trinajstić information content (AvgIpc) is 2.91. The molecule has 0 bridgehead atoms. The topological polar surface area (TPSA) is 92.1 Å². The lowest BCUT2D eigenvalue weighted by atomic mass is 10.2. The third-order valence-corrected chi connectivity index (χ3v) is 3.14. The first kappa shape index (κ1) is 13.0. The number of nitrogens with zero attached hydrogens (tertiary/aromatic N) is 3. The van der Waals surface area contributed by atoms with Crippen LogP contribution >= 0.6 is 0 Å². The van der Waals surface area contributed by atoms with Crippen molar-refractivity contribution in [2.45, 2.75) is 13.0 Å². The fraction of sp³-hybridized carbons (Fsp3) is 0.143. The normalized spacial score (nSPS) is 12.2. The minimum Gasteiger partial charge on any atom is -0.367 e. The molecule has 1 amide bonds. The largest absolute Gasteiger partial charge is 0.367 e. The van der Waals surface area contributed by atoms with Gasteiger partial charge < -0.3 is 10.3 Å². The Balaban J connectivity index is 1.87. The van der Waals surface area contributed by atoms with Crippen LogP contribution in [-0.2, 0) is 0 Å². The van der Waals surface area contributed by atoms with E-state index in [0.29, 0.717) is 11.5 Å². The first-order valence-corrected chi connectivity index (χ1v) is 6.44. The van der Waals surface area contributed by atoms with Gasteiger partial charge in [0.1, 0.15) is 5.56 Å². The van der Waals surface area contributed by atoms with Crippen molar-refractivity contribution in [3.05, 3.63) is 64.5 Å². The molecule has 0 aromatic carbocycles. The van der Waals surface area contributed by atoms with Gasteiger partial charge >= 0.3 is 0 Å². The standard InChI is InChI=1S/C14H13N5O2/c1-9(13-18-17-12-4-2-3-7-19(12)13)16-14(21)10-8-15-6-5-11(10)20/h2-9H,1H3,(H,15,20)(H,16,21). The molecule has 0 aliphatic rings. The van der Waals surface area contributed by atoms with E-state index in [2.05, 4.69) is 20.5 Å². The van der Waals surface area contributed by atoms with Gasteiger partial charge in [-0.25, -0.2) is 0 Å². The molecule has 0 saturated heterocycles. The number of H-pyrrole nitrogens is 1. The highest BCUT2D eigenvalue weighted by molar-refractivity contribution is 5.93. The molecule has 0 radical (unpaired) electrons. The molecule has 0 spiro atoms. The molecule has 106 valence electrons. The van der Waals surface area contributed by atoms with E-state index in [9.17, 15) is 9.59 Å². The molecule has 0 saturated carbocycles. The molecule has 3 aromatic heterocycles. The predicted molar refractivity (Wildman–Crippen MR) is 75.9 cm³/mol. The number of aromatic amines is 1. The number of fused-ring (bicyclic) bond motifs is 1. The fourth-order valence-corrected chi connectivity index (χ4v) is 2.09. The van der Waals surface area contributed by atoms with E-state index in [1.807, 2.05) is 24.4 Å². The minimum atomic E-state index is -0.447. The molecule has 0 fully saturated rings. The summed E-state index contributed by atoms with van der Waals surface area (Å²) in [5, 5.41) is 10.9. The van der Waals surface area contributed by atoms with Crippen molar-refractivity contribution in [1.29, 1.82) is 0 Å². The molecule has 7 nitrogen and oxygen atoms in total. The van der Waals surface area contributed by atoms with E-state index in [1.54, 1.807) is 11.3 Å². The van der Waals surface area contributed by atoms with Crippen molar-refractivity contribution < 1.29 is 4.79 Å². The number of nitrogens with one attached hydrogen (secondary N) is 2. The SMILES string of the molecule is CC(NC(=O)c1c[nH]ccc1=O)c1nnc2ccccn12. The minimum absolute atomic E-state index is 0.0678. The summed E-state index contributed by atoms with van der Waals surface area (Å²) in [7, 11) is 0. The van der Waals surface area contributed by atoms with Crippen LogP contribution < -0.4 is 10.7 Å². The van der Waals surface area contributed by atoms with Gasteiger partial charge in [-0.05, 0) is 19.1 Å². The van der Waals surface area contributed by atoms with Crippen LogP contribution in [0.3, 0.4) is 0 Å². The van der Waals surface area contributed by atoms with E-state index in [-0.39, 0.29) is 17.0 Å². The molecule has 2 N–H and O–H groups in total. The Labute approximate surface area is 119 Å². The van der Waals surface area contributed by atoms with Crippen molar-refractivity contribution in [2.75, 3.05) is 0 Å². The van der Waals surface area contributed by atoms with Gasteiger partial charge in [0.05, 0.1) is 6.04 Å². The van der Waals surface area contributed by atoms with E-state index >= 15 is 0 Å². The lowest BCUT2D eigenvalue weighted by molar-refractivity contribution is 0.0936. The van der Waals surface area contributed by atoms with Crippen LogP contribution in [0.25, 0.3) is 5.65 Å². The van der Waals surface area contributed by atoms with E-state index in [1.165, 1.54) is 18.5 Å². The highest BCUT2D eigenvalue weighted by Crippen LogP contribution is 2.11. The molecule has 3 rings (SSSR count). The van der Waals surface area contributed by atoms with Gasteiger partial charge in [0.15, 0.2) is 16.9 Å². The summed E-state index contributed by atoms with van der Waals surface area (Å²) in [6.07, 6.45) is 4.68. The summed E-state index contributed by atoms with van der Waals surface area (Å²) in [6.45, 7) is 1.79. The summed E-state index contributed by atoms with van der Waals surface area (Å²) < 4.78 is 1.79. The third-order valence-electron chi connectivity index (χ3n) is 3.14. The van der Waals surface area contributed by atoms with Crippen LogP contribution in [0.15, 0.2) is 47.7 Å². The Morgan fingerprint density at radius 1 is 1.33 bits per heavy atom. The smallest absolute Gasteiger partial charge is 0.257 e. The molecule has 1 atom stereocenters. The zero-order chi connectivity index (χ0) is 14.8. The molecular weight excluding hydrogens is 270 g/mol. The van der Waals surface area contributed by atoms with Gasteiger partial charge in [0, 0.05) is 24.7 Å². The molecule has 3 aromatic rings. The van der Waals surface area contributed by atoms with Gasteiger partial charge in [-0.15, -0.1) is 10.2 Å². The molecule has 0 aliphatic heterocycles. The second-order valence-corrected chi connectivity index (χ2v) is 4.60. The Bertz CT molecular complexity index is 851. The van der Waals surface area contributed by atoms with Gasteiger partial charge in [-0.2, -0.15) is 0 Å². The lowest BCUT2D eigenvalue weighted by Gasteiger charge is -2.11. The molecule has 7 heteroatoms. The Kier molecular flexibility index (Phi) is 3.23. The van der Waals surface area contributed by atoms with Gasteiger partial charge in [-0.3, -0.25) is 14.0 Å². The van der Waals surface area contributed by atoms with Crippen LogP contribution in [0.4, 0.5) is 0 Å². The van der Waals surface area contributed by atoms with Crippen molar-refractivity contribution in [3.8, 4) is 0 Å². The molecule has 3 heterocycles. The van der Waals surface area contributed by atoms with Crippen LogP contribution in [0.1, 0.15) is 29.1 Å². The maximum atomic E-state index is 12.1. The van der Waals surface area contributed by atoms with Crippen molar-refractivity contribution in [2.24, 2.45) is 0 Å². The highest BCUT2D eigenvalue weighted by atomic mass is 16.2. The average molecular weight is 283 g/mol. The second-order valence-electron chi connectivity index (χ2n) is 4.60. The zero-order valence-electron chi connectivity index (χ0n) is 11.3. The number of aromatic nitrogens is 4. The Morgan fingerprint density at radius 2 is 2.19 bits per heavy atom. The van der Waals surface area contributed by atoms with Crippen molar-refractivity contribution in [1.82, 2.24) is 24.9 Å². The predicted octanol–water partition coefficient (Wildman–Crippen LogP) is 0.909. The van der Waals surface area contributed by atoms with Crippen LogP contribution in [0.2, 0.25) is 0 Å². The number of hydrogen-bond acceptors (Lipinski definition) is 4. The summed E-state index contributed by atoms with van der Waals surface area (Å²) >= 11 is 0. The van der Waals surface area contributed by atoms with Crippen molar-refractivity contribution >= 4 is 11.6 Å². The molecule has 21 heavy (non-hydrogen) atoms. The monoisotopic (exact) mass is 283 g/mol. The number of rotatable bonds is 3. The Morgan fingerprint density at radius 3 is 3.00 bits per heavy atom. The maximum absolute atomic E-state index is 12.1. The number of hydrogen-bond donors (Lipinski definition) is 2. The first-order valence-electron chi connectivity index (χ1n) is 6.44. The van der Waals surface area contributed by atoms with Gasteiger partial charge in [-0.1, -0.05) is 6.07 Å². The van der Waals surface area contributed by atoms with Crippen LogP contribution in [0, 0.1) is 0 Å². The second kappa shape index (κ2) is 5.20. The number of carbonyl (C=O) groups is 1. The van der Waals surface area contributed by atoms with E-state index in [4.69, 9.17) is 0 Å². The van der Waals surface area contributed by atoms with Crippen LogP contribution in [-0.4, -0.2) is 25.5 Å². The third kappa shape index (κ3) is 2.40. The number of carbonyl (C=O) groups excluding carboxylic acids is 1. The molecular formula is C14H13N5O2. The van der Waals surface area contributed by atoms with Crippen molar-refractivity contribution in [3.63, 3.8) is 0 Å². The summed E-state index contributed by atoms with van der Waals surface area (Å²) in [6, 6.07) is 6.48. The number of amides is 1. The summed E-state index contributed by atoms with van der Waals surface area (Å²) in [5.41, 5.74) is 0.439. The number of pyridine rings is 2. The fourth-order valence-electron chi connectivity index (χ4n) is 2.09. The summed E-state index contributed by atoms with van der Waals surface area (Å²) in [5.74, 6) is 0.156. The van der Waals surface area contributed by atoms with Gasteiger partial charge in [0.2, 0.25) is 0 Å². The zero-order valence-corrected chi connectivity index (χ0v) is 11.3. The van der Waals surface area contributed by atoms with Gasteiger partial charge in [0.25, 0.3) is 5.91 Å². The lowest BCUT2D eigenvalue weighted by Crippen LogP contribution is -2.31.